The normalized spacial score (nSPS) is 10.1. The first kappa shape index (κ1) is 10.6. The van der Waals surface area contributed by atoms with Crippen molar-refractivity contribution < 1.29 is 4.79 Å². The zero-order chi connectivity index (χ0) is 11.4. The van der Waals surface area contributed by atoms with Gasteiger partial charge in [-0.05, 0) is 0 Å². The summed E-state index contributed by atoms with van der Waals surface area (Å²) in [6.45, 7) is 0.505. The number of aldehydes is 1. The Bertz CT molecular complexity index is 485. The highest BCUT2D eigenvalue weighted by Crippen LogP contribution is 2.17. The molecule has 0 saturated carbocycles. The molecular formula is C9H8ClN5O. The number of halogens is 1. The lowest BCUT2D eigenvalue weighted by Crippen LogP contribution is -2.05. The number of carbonyl (C=O) groups excluding carboxylic acids is 1. The van der Waals surface area contributed by atoms with E-state index in [-0.39, 0.29) is 10.7 Å². The molecule has 0 aromatic carbocycles. The summed E-state index contributed by atoms with van der Waals surface area (Å²) in [5, 5.41) is 9.61. The molecule has 0 saturated heterocycles. The summed E-state index contributed by atoms with van der Waals surface area (Å²) in [5.74, 6) is 0.413. The molecule has 0 aliphatic rings. The van der Waals surface area contributed by atoms with Crippen LogP contribution in [0.4, 0.5) is 5.82 Å². The molecular weight excluding hydrogens is 230 g/mol. The molecule has 7 heteroatoms. The van der Waals surface area contributed by atoms with Gasteiger partial charge in [0.2, 0.25) is 0 Å². The van der Waals surface area contributed by atoms with Crippen molar-refractivity contribution in [2.75, 3.05) is 5.32 Å². The monoisotopic (exact) mass is 237 g/mol. The maximum Gasteiger partial charge on any atom is 0.156 e. The number of hydrogen-bond acceptors (Lipinski definition) is 5. The van der Waals surface area contributed by atoms with E-state index in [0.29, 0.717) is 18.6 Å². The molecule has 2 rings (SSSR count). The summed E-state index contributed by atoms with van der Waals surface area (Å²) in [6, 6.07) is 0. The van der Waals surface area contributed by atoms with Gasteiger partial charge in [0.05, 0.1) is 11.8 Å². The van der Waals surface area contributed by atoms with Gasteiger partial charge in [-0.25, -0.2) is 9.97 Å². The van der Waals surface area contributed by atoms with Crippen molar-refractivity contribution in [3.63, 3.8) is 0 Å². The van der Waals surface area contributed by atoms with Crippen molar-refractivity contribution >= 4 is 23.7 Å². The van der Waals surface area contributed by atoms with Crippen molar-refractivity contribution in [2.45, 2.75) is 6.54 Å². The average Bonchev–Trinajstić information content (AvgIpc) is 2.79. The van der Waals surface area contributed by atoms with E-state index in [4.69, 9.17) is 11.6 Å². The molecule has 0 fully saturated rings. The maximum atomic E-state index is 10.8. The predicted octanol–water partition coefficient (Wildman–Crippen LogP) is 1.28. The van der Waals surface area contributed by atoms with Crippen LogP contribution in [-0.2, 0) is 6.54 Å². The summed E-state index contributed by atoms with van der Waals surface area (Å²) in [4.78, 5) is 18.4. The second-order valence-electron chi connectivity index (χ2n) is 3.00. The van der Waals surface area contributed by atoms with Gasteiger partial charge in [-0.1, -0.05) is 11.6 Å². The number of aromatic amines is 1. The molecule has 0 aliphatic heterocycles. The third kappa shape index (κ3) is 2.17. The number of rotatable bonds is 4. The highest BCUT2D eigenvalue weighted by atomic mass is 35.5. The summed E-state index contributed by atoms with van der Waals surface area (Å²) in [5.41, 5.74) is 1.21. The number of anilines is 1. The number of hydrogen-bond donors (Lipinski definition) is 2. The van der Waals surface area contributed by atoms with Crippen molar-refractivity contribution in [3.8, 4) is 0 Å². The standard InChI is InChI=1S/C9H8ClN5O/c10-8-7(4-16)9(13-5-12-8)11-1-6-2-14-15-3-6/h2-5H,1H2,(H,14,15)(H,11,12,13). The third-order valence-electron chi connectivity index (χ3n) is 1.97. The van der Waals surface area contributed by atoms with Crippen LogP contribution in [0.1, 0.15) is 15.9 Å². The minimum atomic E-state index is 0.139. The number of nitrogens with one attached hydrogen (secondary N) is 2. The highest BCUT2D eigenvalue weighted by molar-refractivity contribution is 6.32. The van der Waals surface area contributed by atoms with Crippen LogP contribution in [0.2, 0.25) is 5.15 Å². The SMILES string of the molecule is O=Cc1c(Cl)ncnc1NCc1cn[nH]c1. The van der Waals surface area contributed by atoms with Crippen LogP contribution in [0.5, 0.6) is 0 Å². The summed E-state index contributed by atoms with van der Waals surface area (Å²) >= 11 is 5.75. The topological polar surface area (TPSA) is 83.6 Å². The quantitative estimate of drug-likeness (QED) is 0.618. The molecule has 82 valence electrons. The number of carbonyl (C=O) groups is 1. The second-order valence-corrected chi connectivity index (χ2v) is 3.36. The molecule has 0 spiro atoms. The molecule has 6 nitrogen and oxygen atoms in total. The molecule has 0 bridgehead atoms. The van der Waals surface area contributed by atoms with Gasteiger partial charge in [-0.15, -0.1) is 0 Å². The Morgan fingerprint density at radius 3 is 3.06 bits per heavy atom. The molecule has 0 amide bonds. The lowest BCUT2D eigenvalue weighted by atomic mass is 10.3. The molecule has 2 aromatic rings. The maximum absolute atomic E-state index is 10.8. The van der Waals surface area contributed by atoms with Gasteiger partial charge in [0.25, 0.3) is 0 Å². The lowest BCUT2D eigenvalue weighted by Gasteiger charge is -2.06. The average molecular weight is 238 g/mol. The van der Waals surface area contributed by atoms with Crippen molar-refractivity contribution in [2.24, 2.45) is 0 Å². The zero-order valence-electron chi connectivity index (χ0n) is 8.14. The Kier molecular flexibility index (Phi) is 3.11. The molecule has 0 radical (unpaired) electrons. The van der Waals surface area contributed by atoms with Gasteiger partial charge < -0.3 is 5.32 Å². The predicted molar refractivity (Wildman–Crippen MR) is 58.3 cm³/mol. The first-order valence-corrected chi connectivity index (χ1v) is 4.86. The summed E-state index contributed by atoms with van der Waals surface area (Å²) in [6.07, 6.45) is 5.35. The smallest absolute Gasteiger partial charge is 0.156 e. The Balaban J connectivity index is 2.15. The van der Waals surface area contributed by atoms with Gasteiger partial charge >= 0.3 is 0 Å². The van der Waals surface area contributed by atoms with Crippen LogP contribution in [0.25, 0.3) is 0 Å². The van der Waals surface area contributed by atoms with Crippen molar-refractivity contribution in [3.05, 3.63) is 35.0 Å². The number of H-pyrrole nitrogens is 1. The lowest BCUT2D eigenvalue weighted by molar-refractivity contribution is 0.112. The Morgan fingerprint density at radius 1 is 1.50 bits per heavy atom. The summed E-state index contributed by atoms with van der Waals surface area (Å²) < 4.78 is 0. The van der Waals surface area contributed by atoms with E-state index in [1.54, 1.807) is 12.4 Å². The Hall–Kier alpha value is -1.95. The molecule has 2 N–H and O–H groups in total. The van der Waals surface area contributed by atoms with Gasteiger partial charge in [-0.2, -0.15) is 5.10 Å². The van der Waals surface area contributed by atoms with Gasteiger partial charge in [0.1, 0.15) is 17.3 Å². The zero-order valence-corrected chi connectivity index (χ0v) is 8.90. The second kappa shape index (κ2) is 4.71. The Morgan fingerprint density at radius 2 is 2.38 bits per heavy atom. The van der Waals surface area contributed by atoms with Crippen molar-refractivity contribution in [1.82, 2.24) is 20.2 Å². The minimum absolute atomic E-state index is 0.139. The first-order valence-electron chi connectivity index (χ1n) is 4.48. The molecule has 0 aliphatic carbocycles. The van der Waals surface area contributed by atoms with Gasteiger partial charge in [-0.3, -0.25) is 9.89 Å². The highest BCUT2D eigenvalue weighted by Gasteiger charge is 2.08. The first-order chi connectivity index (χ1) is 7.81. The van der Waals surface area contributed by atoms with Crippen molar-refractivity contribution in [1.29, 1.82) is 0 Å². The van der Waals surface area contributed by atoms with Crippen LogP contribution in [0.3, 0.4) is 0 Å². The van der Waals surface area contributed by atoms with Crippen LogP contribution in [0.15, 0.2) is 18.7 Å². The fourth-order valence-electron chi connectivity index (χ4n) is 1.18. The molecule has 0 unspecified atom stereocenters. The Labute approximate surface area is 96.1 Å². The van der Waals surface area contributed by atoms with Crippen LogP contribution >= 0.6 is 11.6 Å². The van der Waals surface area contributed by atoms with E-state index in [1.165, 1.54) is 6.33 Å². The summed E-state index contributed by atoms with van der Waals surface area (Å²) in [7, 11) is 0. The van der Waals surface area contributed by atoms with Gasteiger partial charge in [0, 0.05) is 18.3 Å². The molecule has 0 atom stereocenters. The van der Waals surface area contributed by atoms with E-state index in [1.807, 2.05) is 0 Å². The van der Waals surface area contributed by atoms with Gasteiger partial charge in [0.15, 0.2) is 6.29 Å². The molecule has 2 heterocycles. The fourth-order valence-corrected chi connectivity index (χ4v) is 1.36. The molecule has 2 aromatic heterocycles. The van der Waals surface area contributed by atoms with E-state index < -0.39 is 0 Å². The van der Waals surface area contributed by atoms with E-state index in [2.05, 4.69) is 25.5 Å². The number of aromatic nitrogens is 4. The van der Waals surface area contributed by atoms with Crippen LogP contribution < -0.4 is 5.32 Å². The fraction of sp³-hybridized carbons (Fsp3) is 0.111. The van der Waals surface area contributed by atoms with Crippen LogP contribution in [-0.4, -0.2) is 26.5 Å². The largest absolute Gasteiger partial charge is 0.365 e. The molecule has 16 heavy (non-hydrogen) atoms. The van der Waals surface area contributed by atoms with Crippen LogP contribution in [0, 0.1) is 0 Å². The van der Waals surface area contributed by atoms with E-state index in [0.717, 1.165) is 5.56 Å². The third-order valence-corrected chi connectivity index (χ3v) is 2.27. The minimum Gasteiger partial charge on any atom is -0.365 e. The van der Waals surface area contributed by atoms with E-state index >= 15 is 0 Å². The number of nitrogens with zero attached hydrogens (tertiary/aromatic N) is 3. The van der Waals surface area contributed by atoms with E-state index in [9.17, 15) is 4.79 Å².